The number of aliphatic hydroxyl groups is 1. The SMILES string of the molecule is CC(O)C1NC(=O)[C@H](CCCCN)NC(=O)[C@H](Cc2c[nH]c3ccccc23)NC(=O)[C@H](Cc2ccccc2)NC(=O)[C@@H]2CC(=O)NC[C@H](NC1=O)C(=O)N[C@H]1CC(=O)NC[C@H](NC(=O)C(CCCCN)NC(=O)CCCCCCNC(=O)[C@H](C)NC1=O)C(=O)N2. The van der Waals surface area contributed by atoms with E-state index in [1.807, 2.05) is 0 Å². The summed E-state index contributed by atoms with van der Waals surface area (Å²) < 4.78 is 0. The number of nitrogens with two attached hydrogens (primary N) is 2. The zero-order valence-electron chi connectivity index (χ0n) is 50.7. The van der Waals surface area contributed by atoms with Gasteiger partial charge in [-0.2, -0.15) is 0 Å². The van der Waals surface area contributed by atoms with Crippen LogP contribution in [0.2, 0.25) is 0 Å². The predicted octanol–water partition coefficient (Wildman–Crippen LogP) is -4.42. The number of aromatic nitrogens is 1. The Morgan fingerprint density at radius 3 is 1.57 bits per heavy atom. The summed E-state index contributed by atoms with van der Waals surface area (Å²) in [7, 11) is 0. The summed E-state index contributed by atoms with van der Waals surface area (Å²) in [6.45, 7) is 1.44. The Kier molecular flexibility index (Phi) is 27.4. The van der Waals surface area contributed by atoms with E-state index >= 15 is 9.59 Å². The third kappa shape index (κ3) is 21.6. The smallest absolute Gasteiger partial charge is 0.245 e. The fraction of sp³-hybridized carbons (Fsp3) is 0.550. The van der Waals surface area contributed by atoms with Gasteiger partial charge in [-0.05, 0) is 95.5 Å². The van der Waals surface area contributed by atoms with Crippen LogP contribution in [0, 0.1) is 0 Å². The largest absolute Gasteiger partial charge is 0.391 e. The Bertz CT molecular complexity index is 3030. The van der Waals surface area contributed by atoms with Crippen molar-refractivity contribution in [2.24, 2.45) is 11.5 Å². The lowest BCUT2D eigenvalue weighted by Crippen LogP contribution is -2.64. The van der Waals surface area contributed by atoms with Crippen molar-refractivity contribution >= 4 is 87.7 Å². The van der Waals surface area contributed by atoms with Gasteiger partial charge in [-0.3, -0.25) is 62.3 Å². The Morgan fingerprint density at radius 2 is 0.956 bits per heavy atom. The molecule has 6 rings (SSSR count). The van der Waals surface area contributed by atoms with Gasteiger partial charge in [0.25, 0.3) is 0 Å². The molecule has 3 fully saturated rings. The summed E-state index contributed by atoms with van der Waals surface area (Å²) in [6, 6.07) is -1.10. The number of fused-ring (bicyclic) bond motifs is 11. The Balaban J connectivity index is 1.50. The zero-order chi connectivity index (χ0) is 65.3. The lowest BCUT2D eigenvalue weighted by Gasteiger charge is -2.30. The first-order chi connectivity index (χ1) is 43.1. The van der Waals surface area contributed by atoms with Crippen LogP contribution in [0.4, 0.5) is 0 Å². The number of para-hydroxylation sites is 1. The molecule has 4 heterocycles. The van der Waals surface area contributed by atoms with Gasteiger partial charge >= 0.3 is 0 Å². The maximum Gasteiger partial charge on any atom is 0.245 e. The molecule has 90 heavy (non-hydrogen) atoms. The Hall–Kier alpha value is -9.03. The molecule has 11 atom stereocenters. The van der Waals surface area contributed by atoms with Crippen LogP contribution in [-0.2, 0) is 75.2 Å². The summed E-state index contributed by atoms with van der Waals surface area (Å²) in [4.78, 5) is 190. The predicted molar refractivity (Wildman–Crippen MR) is 326 cm³/mol. The molecule has 0 spiro atoms. The fourth-order valence-corrected chi connectivity index (χ4v) is 10.4. The van der Waals surface area contributed by atoms with Crippen molar-refractivity contribution in [1.29, 1.82) is 0 Å². The zero-order valence-corrected chi connectivity index (χ0v) is 50.7. The fourth-order valence-electron chi connectivity index (χ4n) is 10.4. The first kappa shape index (κ1) is 70.1. The summed E-state index contributed by atoms with van der Waals surface area (Å²) in [6.07, 6.45) is 0.964. The molecule has 30 heteroatoms. The molecule has 0 aliphatic carbocycles. The maximum absolute atomic E-state index is 15.0. The van der Waals surface area contributed by atoms with Crippen LogP contribution in [0.1, 0.15) is 108 Å². The van der Waals surface area contributed by atoms with E-state index < -0.39 is 169 Å². The molecule has 490 valence electrons. The first-order valence-electron chi connectivity index (χ1n) is 30.6. The standard InChI is InChI=1S/C60H86N16O14/c1-33-51(81)63-25-15-4-3-8-22-47(78)68-39(20-11-13-23-61)52(82)74-45-31-65-48(79)28-43(54(84)67-33)72-59(89)46-32-66-49(80)29-44(73-58(45)88)57(87)70-41(26-35-16-6-5-7-17-35)55(85)71-42(27-36-30-64-38-19-10-9-18-37(36)38)56(86)69-40(21-12-14-24-62)53(83)76-50(34(2)77)60(90)75-46/h5-7,9-10,16-19,30,33-34,39-46,50,64,77H,3-4,8,11-15,20-29,31-32,61-62H2,1-2H3,(H,63,81)(H,65,79)(H,66,80)(H,67,84)(H,68,78)(H,69,86)(H,70,87)(H,71,85)(H,72,89)(H,73,88)(H,74,82)(H,75,90)(H,76,83)/t33-,34?,39?,40-,41-,42-,43-,44-,45-,46-,50?/m0/s1. The van der Waals surface area contributed by atoms with E-state index in [1.165, 1.54) is 6.92 Å². The van der Waals surface area contributed by atoms with Crippen LogP contribution in [-0.4, -0.2) is 186 Å². The van der Waals surface area contributed by atoms with Crippen LogP contribution >= 0.6 is 0 Å². The number of benzene rings is 2. The van der Waals surface area contributed by atoms with Crippen LogP contribution in [0.15, 0.2) is 60.8 Å². The Labute approximate surface area is 520 Å². The van der Waals surface area contributed by atoms with Gasteiger partial charge in [-0.25, -0.2) is 0 Å². The molecule has 4 bridgehead atoms. The first-order valence-corrected chi connectivity index (χ1v) is 30.6. The van der Waals surface area contributed by atoms with Gasteiger partial charge in [-0.1, -0.05) is 61.4 Å². The second kappa shape index (κ2) is 35.2. The van der Waals surface area contributed by atoms with Gasteiger partial charge in [-0.15, -0.1) is 0 Å². The quantitative estimate of drug-likeness (QED) is 0.0719. The number of hydrogen-bond donors (Lipinski definition) is 17. The number of aliphatic hydroxyl groups excluding tert-OH is 1. The number of hydrogen-bond acceptors (Lipinski definition) is 16. The second-order valence-electron chi connectivity index (χ2n) is 22.8. The second-order valence-corrected chi connectivity index (χ2v) is 22.8. The summed E-state index contributed by atoms with van der Waals surface area (Å²) in [5.41, 5.74) is 13.3. The van der Waals surface area contributed by atoms with E-state index in [0.717, 1.165) is 6.92 Å². The van der Waals surface area contributed by atoms with Crippen molar-refractivity contribution in [3.63, 3.8) is 0 Å². The summed E-state index contributed by atoms with van der Waals surface area (Å²) in [5.74, 6) is -12.9. The molecule has 3 aliphatic heterocycles. The van der Waals surface area contributed by atoms with E-state index in [0.29, 0.717) is 67.0 Å². The van der Waals surface area contributed by atoms with Crippen molar-refractivity contribution in [2.45, 2.75) is 177 Å². The van der Waals surface area contributed by atoms with Crippen LogP contribution < -0.4 is 80.6 Å². The average Bonchev–Trinajstić information content (AvgIpc) is 1.95. The van der Waals surface area contributed by atoms with Gasteiger partial charge in [0, 0.05) is 56.0 Å². The molecule has 0 radical (unpaired) electrons. The van der Waals surface area contributed by atoms with Crippen molar-refractivity contribution in [3.8, 4) is 0 Å². The highest BCUT2D eigenvalue weighted by molar-refractivity contribution is 6.01. The molecule has 3 aromatic rings. The molecule has 19 N–H and O–H groups in total. The Morgan fingerprint density at radius 1 is 0.467 bits per heavy atom. The van der Waals surface area contributed by atoms with Crippen LogP contribution in [0.25, 0.3) is 10.9 Å². The number of amides is 13. The van der Waals surface area contributed by atoms with E-state index in [4.69, 9.17) is 11.5 Å². The topological polar surface area (TPSA) is 466 Å². The lowest BCUT2D eigenvalue weighted by atomic mass is 10.0. The molecule has 2 aromatic carbocycles. The summed E-state index contributed by atoms with van der Waals surface area (Å²) >= 11 is 0. The van der Waals surface area contributed by atoms with Crippen molar-refractivity contribution < 1.29 is 67.4 Å². The maximum atomic E-state index is 15.0. The molecule has 3 unspecified atom stereocenters. The number of nitrogens with one attached hydrogen (secondary N) is 14. The number of carbonyl (C=O) groups excluding carboxylic acids is 13. The molecule has 3 aliphatic rings. The number of aromatic amines is 1. The van der Waals surface area contributed by atoms with Gasteiger partial charge < -0.3 is 90.7 Å². The van der Waals surface area contributed by atoms with Crippen molar-refractivity contribution in [2.75, 3.05) is 32.7 Å². The highest BCUT2D eigenvalue weighted by Gasteiger charge is 2.39. The third-order valence-corrected chi connectivity index (χ3v) is 15.6. The minimum atomic E-state index is -1.97. The van der Waals surface area contributed by atoms with Gasteiger partial charge in [0.15, 0.2) is 0 Å². The number of rotatable bonds is 13. The lowest BCUT2D eigenvalue weighted by molar-refractivity contribution is -0.138. The summed E-state index contributed by atoms with van der Waals surface area (Å²) in [5, 5.41) is 45.0. The number of H-pyrrole nitrogens is 1. The molecule has 13 amide bonds. The van der Waals surface area contributed by atoms with Gasteiger partial charge in [0.2, 0.25) is 76.8 Å². The highest BCUT2D eigenvalue weighted by Crippen LogP contribution is 2.20. The molecule has 30 nitrogen and oxygen atoms in total. The molecule has 3 saturated heterocycles. The minimum absolute atomic E-state index is 0.0116. The van der Waals surface area contributed by atoms with Crippen LogP contribution in [0.5, 0.6) is 0 Å². The average molecular weight is 1260 g/mol. The number of unbranched alkanes of at least 4 members (excludes halogenated alkanes) is 2. The molecular formula is C60H86N16O14. The van der Waals surface area contributed by atoms with E-state index in [9.17, 15) is 57.8 Å². The minimum Gasteiger partial charge on any atom is -0.391 e. The van der Waals surface area contributed by atoms with Crippen LogP contribution in [0.3, 0.4) is 0 Å². The molecular weight excluding hydrogens is 1170 g/mol. The van der Waals surface area contributed by atoms with Crippen molar-refractivity contribution in [1.82, 2.24) is 74.1 Å². The van der Waals surface area contributed by atoms with E-state index in [1.54, 1.807) is 60.8 Å². The van der Waals surface area contributed by atoms with Gasteiger partial charge in [0.1, 0.15) is 60.4 Å². The molecule has 0 saturated carbocycles. The van der Waals surface area contributed by atoms with Crippen molar-refractivity contribution in [3.05, 3.63) is 71.9 Å². The number of carbonyl (C=O) groups is 13. The van der Waals surface area contributed by atoms with E-state index in [2.05, 4.69) is 74.1 Å². The van der Waals surface area contributed by atoms with Gasteiger partial charge in [0.05, 0.1) is 18.9 Å². The monoisotopic (exact) mass is 1250 g/mol. The normalized spacial score (nSPS) is 26.3. The van der Waals surface area contributed by atoms with E-state index in [-0.39, 0.29) is 58.2 Å². The molecule has 1 aromatic heterocycles. The highest BCUT2D eigenvalue weighted by atomic mass is 16.3. The third-order valence-electron chi connectivity index (χ3n) is 15.6.